The summed E-state index contributed by atoms with van der Waals surface area (Å²) in [7, 11) is 19.2. The van der Waals surface area contributed by atoms with Crippen LogP contribution in [0.2, 0.25) is 0 Å². The summed E-state index contributed by atoms with van der Waals surface area (Å²) in [6.07, 6.45) is 14.8. The molecule has 9 heterocycles. The quantitative estimate of drug-likeness (QED) is 0.106. The van der Waals surface area contributed by atoms with Crippen LogP contribution in [0.4, 0.5) is 0 Å². The van der Waals surface area contributed by atoms with E-state index in [1.54, 1.807) is 12.2 Å². The van der Waals surface area contributed by atoms with Crippen molar-refractivity contribution in [1.29, 1.82) is 0 Å². The van der Waals surface area contributed by atoms with Gasteiger partial charge in [0.15, 0.2) is 35.8 Å². The van der Waals surface area contributed by atoms with Crippen LogP contribution in [0, 0.1) is 62.3 Å². The van der Waals surface area contributed by atoms with Gasteiger partial charge in [0.05, 0.1) is 107 Å². The lowest BCUT2D eigenvalue weighted by atomic mass is 10.0. The van der Waals surface area contributed by atoms with Crippen molar-refractivity contribution in [2.24, 2.45) is 5.92 Å². The maximum atomic E-state index is 11.5. The third-order valence-corrected chi connectivity index (χ3v) is 28.9. The van der Waals surface area contributed by atoms with Crippen LogP contribution in [0.15, 0.2) is 0 Å². The Kier molecular flexibility index (Phi) is 37.8. The Hall–Kier alpha value is 0.0500. The topological polar surface area (TPSA) is 322 Å². The molecule has 9 saturated heterocycles. The molecule has 27 heteroatoms. The maximum absolute atomic E-state index is 11.5. The third-order valence-electron chi connectivity index (χ3n) is 16.4. The van der Waals surface area contributed by atoms with Gasteiger partial charge in [-0.2, -0.15) is 56.4 Å². The standard InChI is InChI=1S/C8H17NOS.C7H15NO2S.C7H13NO2.C7H15NOS.2C6H13NO2S.2C6H13NOS/c1-8(2)6-7(9-3)4-5-11(8)10;1-6-5-7(8-2)3-4-11(6,9)10;1-8-6-4-10-7-5(6)2-3-9-7;1-6-5-7(8-2)3-4-10(6)9;1-7-6-2-4-10(8,9)5-3-6;1-7-6-3-2-4-10(8,9)5-6;1-7-6-2-4-9(8)5-3-6;1-7-6-3-2-4-9(8)5-6/h7H,3-6,9H2,1-2H3;6-7H,2-5,8H2,1H3;5-7H,1-4,8H2;6-7H,2-5,8H2,1H3;2*6H,1-5,7H2;2*6H,1-5,7H2. The average molecular weight is 1280 g/mol. The lowest BCUT2D eigenvalue weighted by Gasteiger charge is -2.33. The zero-order valence-corrected chi connectivity index (χ0v) is 55.0. The summed E-state index contributed by atoms with van der Waals surface area (Å²) in [4.78, 5) is 0. The van der Waals surface area contributed by atoms with E-state index in [9.17, 15) is 42.1 Å². The zero-order valence-electron chi connectivity index (χ0n) is 49.3. The second-order valence-corrected chi connectivity index (χ2v) is 37.8. The van der Waals surface area contributed by atoms with Gasteiger partial charge in [-0.25, -0.2) is 25.3 Å². The van der Waals surface area contributed by atoms with Crippen molar-refractivity contribution < 1.29 is 94.1 Å². The molecule has 0 amide bonds. The molecule has 478 valence electrons. The number of nitrogens with two attached hydrogens (primary N) is 8. The zero-order chi connectivity index (χ0) is 60.1. The van der Waals surface area contributed by atoms with Gasteiger partial charge in [-0.15, -0.1) is 0 Å². The Bertz CT molecular complexity index is 2140. The first kappa shape index (κ1) is 76.1. The van der Waals surface area contributed by atoms with Crippen molar-refractivity contribution in [2.75, 3.05) is 76.5 Å². The lowest BCUT2D eigenvalue weighted by molar-refractivity contribution is -0.637. The van der Waals surface area contributed by atoms with Gasteiger partial charge >= 0.3 is 0 Å². The molecule has 0 radical (unpaired) electrons. The van der Waals surface area contributed by atoms with Crippen LogP contribution < -0.4 is 42.5 Å². The van der Waals surface area contributed by atoms with Gasteiger partial charge < -0.3 is 52.0 Å². The van der Waals surface area contributed by atoms with Gasteiger partial charge in [-0.1, -0.05) is 6.92 Å². The van der Waals surface area contributed by atoms with Crippen molar-refractivity contribution in [2.45, 2.75) is 194 Å². The summed E-state index contributed by atoms with van der Waals surface area (Å²) in [5.74, 6) is 7.58. The number of sulfone groups is 3. The molecule has 80 heavy (non-hydrogen) atoms. The maximum Gasteiger partial charge on any atom is 0.166 e. The largest absolute Gasteiger partial charge is 0.476 e. The molecule has 16 N–H and O–H groups in total. The number of quaternary nitrogens is 8. The fraction of sp³-hybridized carbons (Fsp3) is 0.849. The minimum atomic E-state index is -2.75. The van der Waals surface area contributed by atoms with Crippen LogP contribution >= 0.6 is 0 Å². The highest BCUT2D eigenvalue weighted by molar-refractivity contribution is 7.92. The van der Waals surface area contributed by atoms with E-state index in [1.165, 1.54) is 6.42 Å². The molecule has 0 aromatic rings. The fourth-order valence-corrected chi connectivity index (χ4v) is 21.1. The normalized spacial score (nSPS) is 36.6. The molecule has 0 aromatic carbocycles. The van der Waals surface area contributed by atoms with E-state index in [1.807, 2.05) is 37.2 Å². The number of hydrogen-bond donors (Lipinski definition) is 8. The second-order valence-electron chi connectivity index (χ2n) is 23.2. The molecule has 0 spiro atoms. The van der Waals surface area contributed by atoms with E-state index in [4.69, 9.17) is 9.47 Å². The monoisotopic (exact) mass is 1280 g/mol. The molecule has 0 saturated carbocycles. The molecular weight excluding hydrogens is 1170 g/mol. The highest BCUT2D eigenvalue weighted by atomic mass is 32.2. The fourth-order valence-electron chi connectivity index (χ4n) is 10.6. The van der Waals surface area contributed by atoms with Crippen molar-refractivity contribution in [3.05, 3.63) is 56.4 Å². The minimum absolute atomic E-state index is 0.0110. The Morgan fingerprint density at radius 1 is 0.487 bits per heavy atom. The number of ether oxygens (including phenoxy) is 2. The smallest absolute Gasteiger partial charge is 0.166 e. The van der Waals surface area contributed by atoms with Crippen molar-refractivity contribution in [1.82, 2.24) is 0 Å². The van der Waals surface area contributed by atoms with E-state index >= 15 is 0 Å². The summed E-state index contributed by atoms with van der Waals surface area (Å²) in [5, 5.41) is 15.6. The molecule has 13 unspecified atom stereocenters. The van der Waals surface area contributed by atoms with Crippen molar-refractivity contribution in [3.8, 4) is 0 Å². The van der Waals surface area contributed by atoms with E-state index in [0.29, 0.717) is 82.2 Å². The number of rotatable bonds is 8. The third kappa shape index (κ3) is 30.1. The molecule has 9 rings (SSSR count). The van der Waals surface area contributed by atoms with E-state index in [0.717, 1.165) is 138 Å². The summed E-state index contributed by atoms with van der Waals surface area (Å²) < 4.78 is 121. The lowest BCUT2D eigenvalue weighted by Crippen LogP contribution is -2.85. The molecule has 20 nitrogen and oxygen atoms in total. The first-order valence-electron chi connectivity index (χ1n) is 29.0. The minimum Gasteiger partial charge on any atom is -0.476 e. The molecule has 13 atom stereocenters. The average Bonchev–Trinajstić information content (AvgIpc) is 4.08. The Morgan fingerprint density at radius 2 is 1.01 bits per heavy atom. The van der Waals surface area contributed by atoms with Gasteiger partial charge in [0.1, 0.15) is 0 Å². The molecular formula is C53H112N8O12S7. The molecule has 0 bridgehead atoms. The van der Waals surface area contributed by atoms with Gasteiger partial charge in [0.25, 0.3) is 0 Å². The van der Waals surface area contributed by atoms with Crippen molar-refractivity contribution in [3.63, 3.8) is 0 Å². The first-order valence-corrected chi connectivity index (χ1v) is 40.1. The highest BCUT2D eigenvalue weighted by Gasteiger charge is 2.42. The molecule has 0 aromatic heterocycles. The van der Waals surface area contributed by atoms with E-state index < -0.39 is 72.7 Å². The summed E-state index contributed by atoms with van der Waals surface area (Å²) in [6, 6.07) is 3.96. The summed E-state index contributed by atoms with van der Waals surface area (Å²) in [6.45, 7) is 9.67. The van der Waals surface area contributed by atoms with Gasteiger partial charge in [-0.05, 0) is 52.9 Å². The van der Waals surface area contributed by atoms with Crippen LogP contribution in [0.5, 0.6) is 0 Å². The van der Waals surface area contributed by atoms with Gasteiger partial charge in [0, 0.05) is 146 Å². The highest BCUT2D eigenvalue weighted by Crippen LogP contribution is 2.29. The van der Waals surface area contributed by atoms with Crippen LogP contribution in [0.1, 0.15) is 124 Å². The Labute approximate surface area is 496 Å². The van der Waals surface area contributed by atoms with Crippen LogP contribution in [-0.4, -0.2) is 188 Å². The molecule has 9 aliphatic heterocycles. The first-order chi connectivity index (χ1) is 37.7. The predicted molar refractivity (Wildman–Crippen MR) is 323 cm³/mol. The molecule has 0 aliphatic carbocycles. The van der Waals surface area contributed by atoms with Gasteiger partial charge in [0.2, 0.25) is 0 Å². The Morgan fingerprint density at radius 3 is 1.50 bits per heavy atom. The summed E-state index contributed by atoms with van der Waals surface area (Å²) >= 11 is 0. The van der Waals surface area contributed by atoms with E-state index in [-0.39, 0.29) is 22.3 Å². The predicted octanol–water partition coefficient (Wildman–Crippen LogP) is -5.58. The van der Waals surface area contributed by atoms with Crippen molar-refractivity contribution >= 4 is 72.7 Å². The Balaban J connectivity index is 0.000000313. The van der Waals surface area contributed by atoms with Gasteiger partial charge in [-0.3, -0.25) is 16.8 Å². The number of fused-ring (bicyclic) bond motifs is 1. The van der Waals surface area contributed by atoms with E-state index in [2.05, 4.69) is 77.2 Å². The van der Waals surface area contributed by atoms with Crippen LogP contribution in [0.25, 0.3) is 0 Å². The molecule has 9 fully saturated rings. The second kappa shape index (κ2) is 39.8. The molecule has 9 aliphatic rings. The SMILES string of the molecule is [CH2-][NH2+]C1CCCS(=O)(=O)C1.[CH2-][NH2+]C1CCCS(=O)C1.[CH2-][NH2+]C1CCS(=O)(=O)C(C)C1.[CH2-][NH2+]C1CCS(=O)(=O)CC1.[CH2-][NH2+]C1CCS(=O)C(C)(C)C1.[CH2-][NH2+]C1CCS(=O)C(C)C1.[CH2-][NH2+]C1CCS(=O)CC1.[CH2-][NH2+]C1COC2OCCC12. The van der Waals surface area contributed by atoms with Crippen LogP contribution in [-0.2, 0) is 82.2 Å². The number of hydrogen-bond acceptors (Lipinski definition) is 12. The van der Waals surface area contributed by atoms with Crippen LogP contribution in [0.3, 0.4) is 0 Å². The summed E-state index contributed by atoms with van der Waals surface area (Å²) in [5.41, 5.74) is 0.